The van der Waals surface area contributed by atoms with E-state index in [9.17, 15) is 0 Å². The van der Waals surface area contributed by atoms with Gasteiger partial charge in [0.15, 0.2) is 0 Å². The minimum atomic E-state index is 0.786. The quantitative estimate of drug-likeness (QED) is 0.774. The Kier molecular flexibility index (Phi) is 4.37. The Morgan fingerprint density at radius 3 is 2.65 bits per heavy atom. The number of benzene rings is 1. The highest BCUT2D eigenvalue weighted by molar-refractivity contribution is 9.09. The van der Waals surface area contributed by atoms with Gasteiger partial charge >= 0.3 is 0 Å². The molecule has 17 heavy (non-hydrogen) atoms. The highest BCUT2D eigenvalue weighted by Gasteiger charge is 2.06. The molecule has 0 aliphatic heterocycles. The maximum atomic E-state index is 4.61. The van der Waals surface area contributed by atoms with Crippen LogP contribution < -0.4 is 0 Å². The Balaban J connectivity index is 2.16. The summed E-state index contributed by atoms with van der Waals surface area (Å²) in [6.07, 6.45) is 1.68. The normalized spacial score (nSPS) is 10.7. The predicted octanol–water partition coefficient (Wildman–Crippen LogP) is 3.25. The number of alkyl halides is 1. The second-order valence-corrected chi connectivity index (χ2v) is 4.74. The van der Waals surface area contributed by atoms with E-state index in [0.717, 1.165) is 30.4 Å². The molecule has 0 bridgehead atoms. The fourth-order valence-corrected chi connectivity index (χ4v) is 2.22. The lowest BCUT2D eigenvalue weighted by atomic mass is 10.1. The molecule has 0 spiro atoms. The molecule has 89 valence electrons. The van der Waals surface area contributed by atoms with E-state index in [4.69, 9.17) is 0 Å². The van der Waals surface area contributed by atoms with Crippen LogP contribution >= 0.6 is 15.9 Å². The molecule has 0 N–H and O–H groups in total. The van der Waals surface area contributed by atoms with Gasteiger partial charge in [0.2, 0.25) is 0 Å². The van der Waals surface area contributed by atoms with E-state index in [1.165, 1.54) is 11.3 Å². The summed E-state index contributed by atoms with van der Waals surface area (Å²) in [4.78, 5) is 0. The smallest absolute Gasteiger partial charge is 0.0671 e. The molecule has 1 heterocycles. The van der Waals surface area contributed by atoms with Gasteiger partial charge in [-0.2, -0.15) is 5.10 Å². The zero-order chi connectivity index (χ0) is 12.1. The molecule has 0 aliphatic rings. The van der Waals surface area contributed by atoms with Crippen molar-refractivity contribution in [1.29, 1.82) is 0 Å². The average Bonchev–Trinajstić information content (AvgIpc) is 2.73. The van der Waals surface area contributed by atoms with Crippen molar-refractivity contribution in [1.82, 2.24) is 9.78 Å². The van der Waals surface area contributed by atoms with Crippen LogP contribution in [0.15, 0.2) is 36.4 Å². The number of aromatic nitrogens is 2. The molecule has 2 nitrogen and oxygen atoms in total. The molecule has 2 rings (SSSR count). The third-order valence-corrected chi connectivity index (χ3v) is 3.05. The van der Waals surface area contributed by atoms with Crippen molar-refractivity contribution in [3.8, 4) is 0 Å². The molecular formula is C14H16BrN2. The van der Waals surface area contributed by atoms with Crippen LogP contribution in [0.2, 0.25) is 0 Å². The topological polar surface area (TPSA) is 17.8 Å². The molecule has 0 unspecified atom stereocenters. The number of nitrogens with zero attached hydrogens (tertiary/aromatic N) is 2. The molecule has 2 aromatic rings. The molecule has 1 aromatic heterocycles. The number of halogens is 1. The van der Waals surface area contributed by atoms with Crippen LogP contribution in [0.25, 0.3) is 0 Å². The molecule has 0 fully saturated rings. The first kappa shape index (κ1) is 12.4. The Bertz CT molecular complexity index is 462. The van der Waals surface area contributed by atoms with E-state index in [1.807, 2.05) is 10.7 Å². The SMILES string of the molecule is [CH2]Cc1cc(Cc2ccccc2)nn1CCBr. The monoisotopic (exact) mass is 291 g/mol. The first-order valence-corrected chi connectivity index (χ1v) is 6.90. The van der Waals surface area contributed by atoms with Crippen molar-refractivity contribution < 1.29 is 0 Å². The van der Waals surface area contributed by atoms with Crippen LogP contribution in [0, 0.1) is 6.92 Å². The van der Waals surface area contributed by atoms with Crippen LogP contribution in [-0.4, -0.2) is 15.1 Å². The number of rotatable bonds is 5. The minimum Gasteiger partial charge on any atom is -0.268 e. The van der Waals surface area contributed by atoms with Gasteiger partial charge < -0.3 is 0 Å². The summed E-state index contributed by atoms with van der Waals surface area (Å²) in [6.45, 7) is 4.85. The Morgan fingerprint density at radius 2 is 2.00 bits per heavy atom. The molecule has 1 radical (unpaired) electrons. The molecule has 0 aliphatic carbocycles. The molecular weight excluding hydrogens is 276 g/mol. The van der Waals surface area contributed by atoms with Gasteiger partial charge in [-0.25, -0.2) is 0 Å². The standard InChI is InChI=1S/C14H16BrN2/c1-2-14-11-13(16-17(14)9-8-15)10-12-6-4-3-5-7-12/h3-7,11H,1-2,8-10H2. The molecule has 0 saturated carbocycles. The van der Waals surface area contributed by atoms with Crippen molar-refractivity contribution in [3.05, 3.63) is 60.3 Å². The van der Waals surface area contributed by atoms with Crippen molar-refractivity contribution in [2.24, 2.45) is 0 Å². The van der Waals surface area contributed by atoms with Crippen molar-refractivity contribution in [3.63, 3.8) is 0 Å². The fourth-order valence-electron chi connectivity index (χ4n) is 1.88. The Labute approximate surface area is 111 Å². The highest BCUT2D eigenvalue weighted by atomic mass is 79.9. The van der Waals surface area contributed by atoms with Crippen LogP contribution in [0.5, 0.6) is 0 Å². The van der Waals surface area contributed by atoms with Crippen LogP contribution in [0.4, 0.5) is 0 Å². The van der Waals surface area contributed by atoms with E-state index in [1.54, 1.807) is 0 Å². The summed E-state index contributed by atoms with van der Waals surface area (Å²) >= 11 is 3.44. The third-order valence-electron chi connectivity index (χ3n) is 2.69. The van der Waals surface area contributed by atoms with Crippen LogP contribution in [0.3, 0.4) is 0 Å². The van der Waals surface area contributed by atoms with Crippen molar-refractivity contribution >= 4 is 15.9 Å². The maximum absolute atomic E-state index is 4.61. The summed E-state index contributed by atoms with van der Waals surface area (Å²) in [5.74, 6) is 0. The Morgan fingerprint density at radius 1 is 1.24 bits per heavy atom. The fraction of sp³-hybridized carbons (Fsp3) is 0.286. The zero-order valence-electron chi connectivity index (χ0n) is 9.77. The Hall–Kier alpha value is -1.09. The van der Waals surface area contributed by atoms with Gasteiger partial charge in [0, 0.05) is 17.4 Å². The second-order valence-electron chi connectivity index (χ2n) is 3.95. The van der Waals surface area contributed by atoms with E-state index >= 15 is 0 Å². The van der Waals surface area contributed by atoms with E-state index in [-0.39, 0.29) is 0 Å². The van der Waals surface area contributed by atoms with E-state index in [0.29, 0.717) is 0 Å². The summed E-state index contributed by atoms with van der Waals surface area (Å²) in [6, 6.07) is 12.6. The van der Waals surface area contributed by atoms with Crippen LogP contribution in [-0.2, 0) is 19.4 Å². The summed E-state index contributed by atoms with van der Waals surface area (Å²) in [5.41, 5.74) is 3.62. The predicted molar refractivity (Wildman–Crippen MR) is 74.3 cm³/mol. The lowest BCUT2D eigenvalue weighted by Gasteiger charge is -2.01. The van der Waals surface area contributed by atoms with Gasteiger partial charge in [0.25, 0.3) is 0 Å². The summed E-state index contributed by atoms with van der Waals surface area (Å²) in [7, 11) is 0. The first-order chi connectivity index (χ1) is 8.33. The number of hydrogen-bond donors (Lipinski definition) is 0. The maximum Gasteiger partial charge on any atom is 0.0671 e. The molecule has 1 aromatic carbocycles. The van der Waals surface area contributed by atoms with E-state index < -0.39 is 0 Å². The van der Waals surface area contributed by atoms with E-state index in [2.05, 4.69) is 58.3 Å². The number of aryl methyl sites for hydroxylation is 1. The lowest BCUT2D eigenvalue weighted by Crippen LogP contribution is -2.05. The highest BCUT2D eigenvalue weighted by Crippen LogP contribution is 2.11. The minimum absolute atomic E-state index is 0.786. The lowest BCUT2D eigenvalue weighted by molar-refractivity contribution is 0.631. The zero-order valence-corrected chi connectivity index (χ0v) is 11.4. The van der Waals surface area contributed by atoms with Gasteiger partial charge in [-0.15, -0.1) is 0 Å². The van der Waals surface area contributed by atoms with Gasteiger partial charge in [-0.1, -0.05) is 46.3 Å². The summed E-state index contributed by atoms with van der Waals surface area (Å²) in [5, 5.41) is 5.54. The van der Waals surface area contributed by atoms with Gasteiger partial charge in [0.05, 0.1) is 12.2 Å². The molecule has 0 amide bonds. The number of hydrogen-bond acceptors (Lipinski definition) is 1. The average molecular weight is 292 g/mol. The largest absolute Gasteiger partial charge is 0.268 e. The second kappa shape index (κ2) is 6.01. The van der Waals surface area contributed by atoms with Crippen molar-refractivity contribution in [2.45, 2.75) is 19.4 Å². The van der Waals surface area contributed by atoms with Crippen LogP contribution in [0.1, 0.15) is 17.0 Å². The summed E-state index contributed by atoms with van der Waals surface area (Å²) < 4.78 is 2.04. The van der Waals surface area contributed by atoms with Gasteiger partial charge in [0.1, 0.15) is 0 Å². The third kappa shape index (κ3) is 3.19. The van der Waals surface area contributed by atoms with Gasteiger partial charge in [-0.05, 0) is 25.0 Å². The van der Waals surface area contributed by atoms with Crippen molar-refractivity contribution in [2.75, 3.05) is 5.33 Å². The molecule has 0 atom stereocenters. The molecule has 3 heteroatoms. The molecule has 0 saturated heterocycles. The van der Waals surface area contributed by atoms with Gasteiger partial charge in [-0.3, -0.25) is 4.68 Å². The first-order valence-electron chi connectivity index (χ1n) is 5.78.